The highest BCUT2D eigenvalue weighted by molar-refractivity contribution is 5.97. The topological polar surface area (TPSA) is 0 Å². The lowest BCUT2D eigenvalue weighted by atomic mass is 9.94. The molecule has 3 aromatic rings. The van der Waals surface area contributed by atoms with Gasteiger partial charge in [-0.15, -0.1) is 0 Å². The molecule has 0 saturated carbocycles. The van der Waals surface area contributed by atoms with Crippen LogP contribution in [-0.4, -0.2) is 0 Å². The molecule has 18 heavy (non-hydrogen) atoms. The first kappa shape index (κ1) is 10.8. The highest BCUT2D eigenvalue weighted by Crippen LogP contribution is 2.30. The molecule has 0 fully saturated rings. The van der Waals surface area contributed by atoms with E-state index < -0.39 is 0 Å². The normalized spacial score (nSPS) is 10.4. The zero-order chi connectivity index (χ0) is 12.4. The van der Waals surface area contributed by atoms with Gasteiger partial charge in [0.25, 0.3) is 0 Å². The van der Waals surface area contributed by atoms with Crippen molar-refractivity contribution in [2.75, 3.05) is 0 Å². The molecule has 0 saturated heterocycles. The van der Waals surface area contributed by atoms with Crippen molar-refractivity contribution in [2.45, 2.75) is 0 Å². The third-order valence-corrected chi connectivity index (χ3v) is 3.26. The van der Waals surface area contributed by atoms with Crippen LogP contribution in [-0.2, 0) is 0 Å². The lowest BCUT2D eigenvalue weighted by Crippen LogP contribution is -1.85. The molecule has 0 unspecified atom stereocenters. The Morgan fingerprint density at radius 2 is 1.44 bits per heavy atom. The smallest absolute Gasteiger partial charge is 0.0105 e. The third kappa shape index (κ3) is 1.72. The molecule has 0 N–H and O–H groups in total. The van der Waals surface area contributed by atoms with Gasteiger partial charge in [-0.25, -0.2) is 0 Å². The van der Waals surface area contributed by atoms with Gasteiger partial charge < -0.3 is 0 Å². The summed E-state index contributed by atoms with van der Waals surface area (Å²) in [5.41, 5.74) is 3.68. The lowest BCUT2D eigenvalue weighted by molar-refractivity contribution is 1.62. The van der Waals surface area contributed by atoms with Crippen molar-refractivity contribution in [1.29, 1.82) is 0 Å². The summed E-state index contributed by atoms with van der Waals surface area (Å²) in [6, 6.07) is 23.2. The summed E-state index contributed by atoms with van der Waals surface area (Å²) in [4.78, 5) is 0. The van der Waals surface area contributed by atoms with Gasteiger partial charge in [0.05, 0.1) is 0 Å². The van der Waals surface area contributed by atoms with E-state index in [0.29, 0.717) is 0 Å². The van der Waals surface area contributed by atoms with Crippen molar-refractivity contribution >= 4 is 16.8 Å². The fraction of sp³-hybridized carbons (Fsp3) is 0. The Labute approximate surface area is 107 Å². The quantitative estimate of drug-likeness (QED) is 0.571. The van der Waals surface area contributed by atoms with Crippen LogP contribution in [0.3, 0.4) is 0 Å². The first-order valence-corrected chi connectivity index (χ1v) is 6.10. The van der Waals surface area contributed by atoms with Gasteiger partial charge in [0, 0.05) is 0 Å². The number of benzene rings is 3. The zero-order valence-electron chi connectivity index (χ0n) is 10.1. The second-order valence-electron chi connectivity index (χ2n) is 4.32. The van der Waals surface area contributed by atoms with Gasteiger partial charge >= 0.3 is 0 Å². The van der Waals surface area contributed by atoms with Crippen LogP contribution in [0.1, 0.15) is 5.56 Å². The van der Waals surface area contributed by atoms with Gasteiger partial charge in [-0.3, -0.25) is 0 Å². The van der Waals surface area contributed by atoms with Crippen LogP contribution in [0.4, 0.5) is 0 Å². The lowest BCUT2D eigenvalue weighted by Gasteiger charge is -2.10. The van der Waals surface area contributed by atoms with E-state index in [4.69, 9.17) is 0 Å². The van der Waals surface area contributed by atoms with Crippen molar-refractivity contribution in [3.63, 3.8) is 0 Å². The van der Waals surface area contributed by atoms with E-state index in [-0.39, 0.29) is 0 Å². The van der Waals surface area contributed by atoms with Gasteiger partial charge in [-0.1, -0.05) is 79.4 Å². The summed E-state index contributed by atoms with van der Waals surface area (Å²) in [5, 5.41) is 2.51. The molecule has 0 bridgehead atoms. The van der Waals surface area contributed by atoms with Gasteiger partial charge in [0.15, 0.2) is 0 Å². The standard InChI is InChI=1S/C18H14/c1-2-16-17-11-7-6-10-15(17)12-13-18(16)14-8-4-3-5-9-14/h2-13H,1H2. The molecule has 0 amide bonds. The Bertz CT molecular complexity index is 694. The zero-order valence-corrected chi connectivity index (χ0v) is 10.1. The number of rotatable bonds is 2. The summed E-state index contributed by atoms with van der Waals surface area (Å²) in [7, 11) is 0. The first-order valence-electron chi connectivity index (χ1n) is 6.10. The summed E-state index contributed by atoms with van der Waals surface area (Å²) in [5.74, 6) is 0. The van der Waals surface area contributed by atoms with Crippen LogP contribution in [0.5, 0.6) is 0 Å². The van der Waals surface area contributed by atoms with E-state index in [2.05, 4.69) is 67.2 Å². The van der Waals surface area contributed by atoms with Crippen molar-refractivity contribution in [3.8, 4) is 11.1 Å². The summed E-state index contributed by atoms with van der Waals surface area (Å²) in [6.45, 7) is 3.97. The fourth-order valence-corrected chi connectivity index (χ4v) is 2.38. The average Bonchev–Trinajstić information content (AvgIpc) is 2.47. The predicted molar refractivity (Wildman–Crippen MR) is 79.5 cm³/mol. The van der Waals surface area contributed by atoms with E-state index in [1.165, 1.54) is 27.5 Å². The first-order chi connectivity index (χ1) is 8.90. The molecule has 0 heteroatoms. The molecule has 86 valence electrons. The Balaban J connectivity index is 2.34. The van der Waals surface area contributed by atoms with Crippen LogP contribution in [0.25, 0.3) is 28.0 Å². The Morgan fingerprint density at radius 3 is 2.22 bits per heavy atom. The molecule has 0 aliphatic rings. The van der Waals surface area contributed by atoms with Gasteiger partial charge in [-0.05, 0) is 27.5 Å². The molecule has 0 aliphatic carbocycles. The summed E-state index contributed by atoms with van der Waals surface area (Å²) < 4.78 is 0. The largest absolute Gasteiger partial charge is 0.0984 e. The van der Waals surface area contributed by atoms with Crippen molar-refractivity contribution in [2.24, 2.45) is 0 Å². The molecule has 0 radical (unpaired) electrons. The van der Waals surface area contributed by atoms with Crippen LogP contribution >= 0.6 is 0 Å². The number of fused-ring (bicyclic) bond motifs is 1. The van der Waals surface area contributed by atoms with Gasteiger partial charge in [0.2, 0.25) is 0 Å². The van der Waals surface area contributed by atoms with E-state index in [9.17, 15) is 0 Å². The highest BCUT2D eigenvalue weighted by atomic mass is 14.1. The maximum absolute atomic E-state index is 3.97. The molecule has 0 atom stereocenters. The second-order valence-corrected chi connectivity index (χ2v) is 4.32. The van der Waals surface area contributed by atoms with E-state index >= 15 is 0 Å². The third-order valence-electron chi connectivity index (χ3n) is 3.26. The van der Waals surface area contributed by atoms with Crippen LogP contribution < -0.4 is 0 Å². The molecular weight excluding hydrogens is 216 g/mol. The number of hydrogen-bond acceptors (Lipinski definition) is 0. The van der Waals surface area contributed by atoms with Crippen molar-refractivity contribution in [1.82, 2.24) is 0 Å². The van der Waals surface area contributed by atoms with Gasteiger partial charge in [0.1, 0.15) is 0 Å². The Hall–Kier alpha value is -2.34. The van der Waals surface area contributed by atoms with Crippen LogP contribution in [0.2, 0.25) is 0 Å². The maximum Gasteiger partial charge on any atom is -0.0105 e. The molecule has 0 aromatic heterocycles. The van der Waals surface area contributed by atoms with Crippen molar-refractivity contribution in [3.05, 3.63) is 78.9 Å². The minimum atomic E-state index is 1.21. The Kier molecular flexibility index (Phi) is 2.70. The molecule has 3 aromatic carbocycles. The minimum absolute atomic E-state index is 1.21. The molecule has 0 nitrogen and oxygen atoms in total. The highest BCUT2D eigenvalue weighted by Gasteiger charge is 2.05. The molecular formula is C18H14. The molecule has 0 heterocycles. The SMILES string of the molecule is C=Cc1c(-c2ccccc2)ccc2ccccc12. The summed E-state index contributed by atoms with van der Waals surface area (Å²) in [6.07, 6.45) is 1.95. The maximum atomic E-state index is 3.97. The second kappa shape index (κ2) is 4.50. The van der Waals surface area contributed by atoms with E-state index in [0.717, 1.165) is 0 Å². The monoisotopic (exact) mass is 230 g/mol. The molecule has 3 rings (SSSR count). The van der Waals surface area contributed by atoms with Gasteiger partial charge in [-0.2, -0.15) is 0 Å². The Morgan fingerprint density at radius 1 is 0.722 bits per heavy atom. The van der Waals surface area contributed by atoms with Crippen molar-refractivity contribution < 1.29 is 0 Å². The minimum Gasteiger partial charge on any atom is -0.0984 e. The van der Waals surface area contributed by atoms with Crippen LogP contribution in [0, 0.1) is 0 Å². The van der Waals surface area contributed by atoms with E-state index in [1.54, 1.807) is 0 Å². The number of hydrogen-bond donors (Lipinski definition) is 0. The van der Waals surface area contributed by atoms with Crippen LogP contribution in [0.15, 0.2) is 73.3 Å². The van der Waals surface area contributed by atoms with E-state index in [1.807, 2.05) is 12.1 Å². The molecule has 0 aliphatic heterocycles. The predicted octanol–water partition coefficient (Wildman–Crippen LogP) is 5.15. The molecule has 0 spiro atoms. The fourth-order valence-electron chi connectivity index (χ4n) is 2.38. The average molecular weight is 230 g/mol. The summed E-state index contributed by atoms with van der Waals surface area (Å²) >= 11 is 0.